The van der Waals surface area contributed by atoms with E-state index in [9.17, 15) is 0 Å². The Balaban J connectivity index is 2.21. The largest absolute Gasteiger partial charge is 0.493 e. The van der Waals surface area contributed by atoms with Crippen molar-refractivity contribution < 1.29 is 9.47 Å². The lowest BCUT2D eigenvalue weighted by atomic mass is 10.1. The number of aromatic nitrogens is 2. The molecule has 0 radical (unpaired) electrons. The standard InChI is InChI=1S/C16H15ClN2O2/c1-10-15(18-16-12(17)5-4-8-19(10)16)11-6-7-13(20-2)14(9-11)21-3/h4-9H,1-3H3. The monoisotopic (exact) mass is 302 g/mol. The van der Waals surface area contributed by atoms with E-state index in [1.165, 1.54) is 0 Å². The third-order valence-corrected chi connectivity index (χ3v) is 3.79. The molecular weight excluding hydrogens is 288 g/mol. The summed E-state index contributed by atoms with van der Waals surface area (Å²) in [4.78, 5) is 4.65. The Hall–Kier alpha value is -2.20. The number of halogens is 1. The van der Waals surface area contributed by atoms with Crippen molar-refractivity contribution in [1.29, 1.82) is 0 Å². The van der Waals surface area contributed by atoms with Gasteiger partial charge >= 0.3 is 0 Å². The van der Waals surface area contributed by atoms with E-state index < -0.39 is 0 Å². The molecule has 5 heteroatoms. The molecule has 2 aromatic heterocycles. The summed E-state index contributed by atoms with van der Waals surface area (Å²) in [5.74, 6) is 1.37. The highest BCUT2D eigenvalue weighted by atomic mass is 35.5. The topological polar surface area (TPSA) is 35.8 Å². The zero-order valence-corrected chi connectivity index (χ0v) is 12.8. The molecular formula is C16H15ClN2O2. The minimum atomic E-state index is 0.632. The third-order valence-electron chi connectivity index (χ3n) is 3.50. The first kappa shape index (κ1) is 13.8. The maximum Gasteiger partial charge on any atom is 0.161 e. The second-order valence-electron chi connectivity index (χ2n) is 4.67. The summed E-state index contributed by atoms with van der Waals surface area (Å²) in [5, 5.41) is 0.632. The molecule has 0 atom stereocenters. The summed E-state index contributed by atoms with van der Waals surface area (Å²) in [6, 6.07) is 9.49. The first-order valence-corrected chi connectivity index (χ1v) is 6.89. The highest BCUT2D eigenvalue weighted by Crippen LogP contribution is 2.34. The van der Waals surface area contributed by atoms with Crippen molar-refractivity contribution in [2.45, 2.75) is 6.92 Å². The van der Waals surface area contributed by atoms with E-state index in [-0.39, 0.29) is 0 Å². The lowest BCUT2D eigenvalue weighted by molar-refractivity contribution is 0.355. The van der Waals surface area contributed by atoms with Crippen LogP contribution >= 0.6 is 11.6 Å². The Morgan fingerprint density at radius 2 is 1.86 bits per heavy atom. The molecule has 1 aromatic carbocycles. The van der Waals surface area contributed by atoms with Crippen LogP contribution in [-0.2, 0) is 0 Å². The van der Waals surface area contributed by atoms with Crippen LogP contribution in [0.15, 0.2) is 36.5 Å². The average Bonchev–Trinajstić information content (AvgIpc) is 2.85. The number of aryl methyl sites for hydroxylation is 1. The average molecular weight is 303 g/mol. The van der Waals surface area contributed by atoms with Gasteiger partial charge in [-0.25, -0.2) is 4.98 Å². The van der Waals surface area contributed by atoms with Crippen LogP contribution in [0, 0.1) is 6.92 Å². The zero-order valence-electron chi connectivity index (χ0n) is 12.1. The number of hydrogen-bond donors (Lipinski definition) is 0. The van der Waals surface area contributed by atoms with Gasteiger partial charge in [0.05, 0.1) is 24.9 Å². The zero-order chi connectivity index (χ0) is 15.0. The fraction of sp³-hybridized carbons (Fsp3) is 0.188. The number of fused-ring (bicyclic) bond motifs is 1. The second-order valence-corrected chi connectivity index (χ2v) is 5.07. The van der Waals surface area contributed by atoms with Crippen molar-refractivity contribution in [3.05, 3.63) is 47.2 Å². The number of pyridine rings is 1. The molecule has 0 aliphatic carbocycles. The molecule has 108 valence electrons. The van der Waals surface area contributed by atoms with Crippen LogP contribution in [0.25, 0.3) is 16.9 Å². The van der Waals surface area contributed by atoms with E-state index in [0.717, 1.165) is 22.6 Å². The predicted molar refractivity (Wildman–Crippen MR) is 83.5 cm³/mol. The van der Waals surface area contributed by atoms with Crippen LogP contribution in [-0.4, -0.2) is 23.6 Å². The molecule has 4 nitrogen and oxygen atoms in total. The Kier molecular flexibility index (Phi) is 3.47. The van der Waals surface area contributed by atoms with Crippen LogP contribution in [0.4, 0.5) is 0 Å². The first-order chi connectivity index (χ1) is 10.2. The summed E-state index contributed by atoms with van der Waals surface area (Å²) in [5.41, 5.74) is 3.62. The minimum absolute atomic E-state index is 0.632. The molecule has 0 saturated heterocycles. The lowest BCUT2D eigenvalue weighted by Crippen LogP contribution is -1.92. The summed E-state index contributed by atoms with van der Waals surface area (Å²) in [7, 11) is 3.24. The van der Waals surface area contributed by atoms with Gasteiger partial charge in [-0.1, -0.05) is 11.6 Å². The van der Waals surface area contributed by atoms with Gasteiger partial charge in [-0.2, -0.15) is 0 Å². The van der Waals surface area contributed by atoms with Gasteiger partial charge in [-0.3, -0.25) is 0 Å². The van der Waals surface area contributed by atoms with Crippen LogP contribution in [0.5, 0.6) is 11.5 Å². The van der Waals surface area contributed by atoms with Crippen LogP contribution in [0.1, 0.15) is 5.69 Å². The number of methoxy groups -OCH3 is 2. The second kappa shape index (κ2) is 5.30. The molecule has 0 aliphatic rings. The van der Waals surface area contributed by atoms with Crippen LogP contribution < -0.4 is 9.47 Å². The van der Waals surface area contributed by atoms with Gasteiger partial charge in [0.2, 0.25) is 0 Å². The van der Waals surface area contributed by atoms with Gasteiger partial charge in [0.15, 0.2) is 17.1 Å². The van der Waals surface area contributed by atoms with Crippen molar-refractivity contribution in [2.24, 2.45) is 0 Å². The number of ether oxygens (including phenoxy) is 2. The summed E-state index contributed by atoms with van der Waals surface area (Å²) < 4.78 is 12.6. The number of nitrogens with zero attached hydrogens (tertiary/aromatic N) is 2. The molecule has 3 rings (SSSR count). The smallest absolute Gasteiger partial charge is 0.161 e. The quantitative estimate of drug-likeness (QED) is 0.734. The lowest BCUT2D eigenvalue weighted by Gasteiger charge is -2.08. The molecule has 0 amide bonds. The Bertz CT molecular complexity index is 811. The van der Waals surface area contributed by atoms with Crippen molar-refractivity contribution in [2.75, 3.05) is 14.2 Å². The van der Waals surface area contributed by atoms with Gasteiger partial charge in [-0.15, -0.1) is 0 Å². The van der Waals surface area contributed by atoms with Gasteiger partial charge < -0.3 is 13.9 Å². The fourth-order valence-corrected chi connectivity index (χ4v) is 2.62. The van der Waals surface area contributed by atoms with Crippen molar-refractivity contribution >= 4 is 17.2 Å². The molecule has 0 N–H and O–H groups in total. The normalized spacial score (nSPS) is 10.9. The molecule has 0 saturated carbocycles. The highest BCUT2D eigenvalue weighted by molar-refractivity contribution is 6.33. The molecule has 0 fully saturated rings. The van der Waals surface area contributed by atoms with Gasteiger partial charge in [0.1, 0.15) is 0 Å². The highest BCUT2D eigenvalue weighted by Gasteiger charge is 2.14. The van der Waals surface area contributed by atoms with E-state index in [1.807, 2.05) is 47.9 Å². The Labute approximate surface area is 127 Å². The SMILES string of the molecule is COc1ccc(-c2nc3c(Cl)cccn3c2C)cc1OC. The van der Waals surface area contributed by atoms with E-state index in [4.69, 9.17) is 21.1 Å². The number of rotatable bonds is 3. The summed E-state index contributed by atoms with van der Waals surface area (Å²) >= 11 is 6.21. The molecule has 0 aliphatic heterocycles. The predicted octanol–water partition coefficient (Wildman–Crippen LogP) is 3.98. The van der Waals surface area contributed by atoms with Gasteiger partial charge in [0.25, 0.3) is 0 Å². The maximum atomic E-state index is 6.21. The molecule has 2 heterocycles. The molecule has 0 spiro atoms. The van der Waals surface area contributed by atoms with Crippen LogP contribution in [0.2, 0.25) is 5.02 Å². The van der Waals surface area contributed by atoms with Crippen LogP contribution in [0.3, 0.4) is 0 Å². The molecule has 0 unspecified atom stereocenters. The van der Waals surface area contributed by atoms with E-state index >= 15 is 0 Å². The van der Waals surface area contributed by atoms with Gasteiger partial charge in [0, 0.05) is 17.5 Å². The van der Waals surface area contributed by atoms with Crippen molar-refractivity contribution in [3.63, 3.8) is 0 Å². The van der Waals surface area contributed by atoms with Crippen molar-refractivity contribution in [1.82, 2.24) is 9.38 Å². The van der Waals surface area contributed by atoms with Gasteiger partial charge in [-0.05, 0) is 37.3 Å². The molecule has 0 bridgehead atoms. The molecule has 21 heavy (non-hydrogen) atoms. The number of imidazole rings is 1. The number of benzene rings is 1. The van der Waals surface area contributed by atoms with E-state index in [2.05, 4.69) is 4.98 Å². The Morgan fingerprint density at radius 1 is 1.10 bits per heavy atom. The summed E-state index contributed by atoms with van der Waals surface area (Å²) in [6.45, 7) is 2.02. The molecule has 3 aromatic rings. The minimum Gasteiger partial charge on any atom is -0.493 e. The third kappa shape index (κ3) is 2.21. The van der Waals surface area contributed by atoms with E-state index in [1.54, 1.807) is 14.2 Å². The number of hydrogen-bond acceptors (Lipinski definition) is 3. The Morgan fingerprint density at radius 3 is 2.52 bits per heavy atom. The maximum absolute atomic E-state index is 6.21. The van der Waals surface area contributed by atoms with E-state index in [0.29, 0.717) is 16.5 Å². The first-order valence-electron chi connectivity index (χ1n) is 6.51. The fourth-order valence-electron chi connectivity index (χ4n) is 2.41. The summed E-state index contributed by atoms with van der Waals surface area (Å²) in [6.07, 6.45) is 1.95. The van der Waals surface area contributed by atoms with Crippen molar-refractivity contribution in [3.8, 4) is 22.8 Å².